The lowest BCUT2D eigenvalue weighted by Crippen LogP contribution is -2.31. The number of carbonyl (C=O) groups excluding carboxylic acids is 2. The second-order valence-electron chi connectivity index (χ2n) is 9.36. The van der Waals surface area contributed by atoms with Gasteiger partial charge in [0, 0.05) is 23.5 Å². The summed E-state index contributed by atoms with van der Waals surface area (Å²) < 4.78 is 17.2. The Morgan fingerprint density at radius 3 is 2.50 bits per heavy atom. The molecule has 0 saturated heterocycles. The predicted octanol–water partition coefficient (Wildman–Crippen LogP) is 6.72. The highest BCUT2D eigenvalue weighted by molar-refractivity contribution is 6.20. The molecule has 198 valence electrons. The summed E-state index contributed by atoms with van der Waals surface area (Å²) in [6, 6.07) is 23.9. The summed E-state index contributed by atoms with van der Waals surface area (Å²) in [5, 5.41) is 11.7. The first kappa shape index (κ1) is 24.9. The van der Waals surface area contributed by atoms with E-state index in [-0.39, 0.29) is 11.3 Å². The van der Waals surface area contributed by atoms with Crippen LogP contribution in [0.1, 0.15) is 27.7 Å². The number of rotatable bonds is 7. The molecule has 0 saturated carbocycles. The van der Waals surface area contributed by atoms with E-state index in [2.05, 4.69) is 4.98 Å². The summed E-state index contributed by atoms with van der Waals surface area (Å²) in [6.07, 6.45) is 3.16. The van der Waals surface area contributed by atoms with Crippen LogP contribution < -0.4 is 14.4 Å². The molecule has 0 bridgehead atoms. The molecular formula is C32H24N2O6. The molecule has 1 N–H and O–H groups in total. The number of hydrogen-bond acceptors (Lipinski definition) is 7. The van der Waals surface area contributed by atoms with Crippen molar-refractivity contribution in [2.45, 2.75) is 13.0 Å². The minimum absolute atomic E-state index is 0.0218. The van der Waals surface area contributed by atoms with Gasteiger partial charge in [0.1, 0.15) is 11.5 Å². The second-order valence-corrected chi connectivity index (χ2v) is 9.36. The Morgan fingerprint density at radius 1 is 0.975 bits per heavy atom. The largest absolute Gasteiger partial charge is 0.503 e. The van der Waals surface area contributed by atoms with Crippen LogP contribution in [0.5, 0.6) is 17.2 Å². The minimum Gasteiger partial charge on any atom is -0.503 e. The standard InChI is InChI=1S/C32H24N2O6/c1-19-6-3-9-24(16-19)39-23-13-11-22(12-14-23)34-28(21-8-5-15-33-18-21)27(30(36)32(34)37)29(35)26-17-20-7-4-10-25(38-2)31(20)40-26/h3-18,28,36H,1-2H3. The zero-order chi connectivity index (χ0) is 27.8. The zero-order valence-corrected chi connectivity index (χ0v) is 21.7. The van der Waals surface area contributed by atoms with Gasteiger partial charge in [-0.15, -0.1) is 0 Å². The van der Waals surface area contributed by atoms with Gasteiger partial charge in [-0.25, -0.2) is 0 Å². The van der Waals surface area contributed by atoms with Crippen molar-refractivity contribution in [3.8, 4) is 17.2 Å². The molecule has 0 aliphatic carbocycles. The molecule has 1 aliphatic heterocycles. The fourth-order valence-electron chi connectivity index (χ4n) is 4.89. The predicted molar refractivity (Wildman–Crippen MR) is 149 cm³/mol. The summed E-state index contributed by atoms with van der Waals surface area (Å²) >= 11 is 0. The van der Waals surface area contributed by atoms with Gasteiger partial charge in [-0.1, -0.05) is 30.3 Å². The van der Waals surface area contributed by atoms with Crippen LogP contribution in [-0.4, -0.2) is 28.9 Å². The molecule has 3 heterocycles. The van der Waals surface area contributed by atoms with Crippen LogP contribution in [0.3, 0.4) is 0 Å². The van der Waals surface area contributed by atoms with Gasteiger partial charge in [-0.2, -0.15) is 0 Å². The highest BCUT2D eigenvalue weighted by atomic mass is 16.5. The Morgan fingerprint density at radius 2 is 1.77 bits per heavy atom. The Kier molecular flexibility index (Phi) is 6.28. The smallest absolute Gasteiger partial charge is 0.294 e. The number of anilines is 1. The van der Waals surface area contributed by atoms with Crippen molar-refractivity contribution in [1.29, 1.82) is 0 Å². The number of pyridine rings is 1. The van der Waals surface area contributed by atoms with Crippen LogP contribution in [0, 0.1) is 6.92 Å². The van der Waals surface area contributed by atoms with Crippen LogP contribution in [-0.2, 0) is 4.79 Å². The zero-order valence-electron chi connectivity index (χ0n) is 21.7. The molecule has 0 fully saturated rings. The number of hydrogen-bond donors (Lipinski definition) is 1. The number of carbonyl (C=O) groups is 2. The van der Waals surface area contributed by atoms with Crippen LogP contribution in [0.4, 0.5) is 5.69 Å². The maximum absolute atomic E-state index is 13.8. The molecule has 1 aliphatic rings. The minimum atomic E-state index is -0.938. The number of Topliss-reactive ketones (excluding diaryl/α,β-unsaturated/α-hetero) is 1. The van der Waals surface area contributed by atoms with E-state index >= 15 is 0 Å². The van der Waals surface area contributed by atoms with Crippen LogP contribution in [0.15, 0.2) is 113 Å². The van der Waals surface area contributed by atoms with E-state index in [1.165, 1.54) is 12.0 Å². The summed E-state index contributed by atoms with van der Waals surface area (Å²) in [5.41, 5.74) is 2.39. The number of aromatic nitrogens is 1. The van der Waals surface area contributed by atoms with Gasteiger partial charge in [0.05, 0.1) is 18.7 Å². The lowest BCUT2D eigenvalue weighted by Gasteiger charge is -2.26. The van der Waals surface area contributed by atoms with Gasteiger partial charge in [0.15, 0.2) is 22.9 Å². The molecule has 8 heteroatoms. The molecule has 5 aromatic rings. The van der Waals surface area contributed by atoms with E-state index in [4.69, 9.17) is 13.9 Å². The number of methoxy groups -OCH3 is 1. The second kappa shape index (κ2) is 10.1. The SMILES string of the molecule is COc1cccc2cc(C(=O)C3=C(O)C(=O)N(c4ccc(Oc5cccc(C)c5)cc4)C3c3cccnc3)oc12. The molecule has 3 aromatic carbocycles. The van der Waals surface area contributed by atoms with Crippen LogP contribution >= 0.6 is 0 Å². The number of ketones is 1. The molecular weight excluding hydrogens is 508 g/mol. The van der Waals surface area contributed by atoms with Crippen molar-refractivity contribution in [1.82, 2.24) is 4.98 Å². The Labute approximate surface area is 229 Å². The molecule has 8 nitrogen and oxygen atoms in total. The molecule has 1 amide bonds. The number of ether oxygens (including phenoxy) is 2. The maximum atomic E-state index is 13.8. The van der Waals surface area contributed by atoms with Crippen LogP contribution in [0.2, 0.25) is 0 Å². The van der Waals surface area contributed by atoms with Crippen LogP contribution in [0.25, 0.3) is 11.0 Å². The highest BCUT2D eigenvalue weighted by Crippen LogP contribution is 2.43. The third-order valence-corrected chi connectivity index (χ3v) is 6.74. The molecule has 1 atom stereocenters. The van der Waals surface area contributed by atoms with Gasteiger partial charge < -0.3 is 19.0 Å². The van der Waals surface area contributed by atoms with E-state index in [0.29, 0.717) is 39.5 Å². The van der Waals surface area contributed by atoms with Gasteiger partial charge in [0.25, 0.3) is 5.91 Å². The highest BCUT2D eigenvalue weighted by Gasteiger charge is 2.45. The lowest BCUT2D eigenvalue weighted by atomic mass is 9.96. The first-order valence-corrected chi connectivity index (χ1v) is 12.6. The molecule has 40 heavy (non-hydrogen) atoms. The van der Waals surface area contributed by atoms with E-state index in [9.17, 15) is 14.7 Å². The Bertz CT molecular complexity index is 1770. The number of aryl methyl sites for hydroxylation is 1. The van der Waals surface area contributed by atoms with Gasteiger partial charge in [-0.3, -0.25) is 19.5 Å². The number of fused-ring (bicyclic) bond motifs is 1. The fraction of sp³-hybridized carbons (Fsp3) is 0.0938. The Balaban J connectivity index is 1.38. The normalized spacial score (nSPS) is 15.1. The average Bonchev–Trinajstić information content (AvgIpc) is 3.53. The summed E-state index contributed by atoms with van der Waals surface area (Å²) in [6.45, 7) is 1.98. The fourth-order valence-corrected chi connectivity index (χ4v) is 4.89. The van der Waals surface area contributed by atoms with E-state index in [1.807, 2.05) is 31.2 Å². The summed E-state index contributed by atoms with van der Waals surface area (Å²) in [4.78, 5) is 32.9. The van der Waals surface area contributed by atoms with Gasteiger partial charge in [0.2, 0.25) is 5.78 Å². The third kappa shape index (κ3) is 4.35. The number of benzene rings is 3. The van der Waals surface area contributed by atoms with Crippen molar-refractivity contribution in [2.75, 3.05) is 12.0 Å². The average molecular weight is 533 g/mol. The monoisotopic (exact) mass is 532 g/mol. The topological polar surface area (TPSA) is 102 Å². The van der Waals surface area contributed by atoms with Crippen molar-refractivity contribution in [3.05, 3.63) is 126 Å². The number of aliphatic hydroxyl groups is 1. The lowest BCUT2D eigenvalue weighted by molar-refractivity contribution is -0.117. The first-order chi connectivity index (χ1) is 19.4. The summed E-state index contributed by atoms with van der Waals surface area (Å²) in [5.74, 6) is -0.261. The van der Waals surface area contributed by atoms with Gasteiger partial charge >= 0.3 is 0 Å². The molecule has 1 unspecified atom stereocenters. The van der Waals surface area contributed by atoms with Crippen molar-refractivity contribution in [3.63, 3.8) is 0 Å². The molecule has 0 spiro atoms. The maximum Gasteiger partial charge on any atom is 0.294 e. The number of furan rings is 1. The van der Waals surface area contributed by atoms with Crippen molar-refractivity contribution < 1.29 is 28.6 Å². The third-order valence-electron chi connectivity index (χ3n) is 6.74. The number of para-hydroxylation sites is 1. The Hall–Kier alpha value is -5.37. The number of nitrogens with zero attached hydrogens (tertiary/aromatic N) is 2. The summed E-state index contributed by atoms with van der Waals surface area (Å²) in [7, 11) is 1.51. The van der Waals surface area contributed by atoms with E-state index in [0.717, 1.165) is 5.56 Å². The van der Waals surface area contributed by atoms with E-state index in [1.54, 1.807) is 73.1 Å². The van der Waals surface area contributed by atoms with Crippen molar-refractivity contribution in [2.24, 2.45) is 0 Å². The van der Waals surface area contributed by atoms with Gasteiger partial charge in [-0.05, 0) is 72.6 Å². The quantitative estimate of drug-likeness (QED) is 0.232. The molecule has 2 aromatic heterocycles. The molecule has 0 radical (unpaired) electrons. The van der Waals surface area contributed by atoms with E-state index < -0.39 is 23.5 Å². The number of aliphatic hydroxyl groups excluding tert-OH is 1. The molecule has 6 rings (SSSR count). The van der Waals surface area contributed by atoms with Crippen molar-refractivity contribution >= 4 is 28.3 Å². The first-order valence-electron chi connectivity index (χ1n) is 12.6. The number of amides is 1.